The minimum Gasteiger partial charge on any atom is -0.491 e. The predicted molar refractivity (Wildman–Crippen MR) is 150 cm³/mol. The van der Waals surface area contributed by atoms with E-state index in [-0.39, 0.29) is 52.5 Å². The Hall–Kier alpha value is -3.26. The van der Waals surface area contributed by atoms with E-state index in [1.807, 2.05) is 6.08 Å². The number of ether oxygens (including phenoxy) is 2. The summed E-state index contributed by atoms with van der Waals surface area (Å²) in [5, 5.41) is 0. The van der Waals surface area contributed by atoms with Crippen LogP contribution >= 0.6 is 0 Å². The largest absolute Gasteiger partial charge is 0.491 e. The molecular weight excluding hydrogens is 554 g/mol. The monoisotopic (exact) mass is 588 g/mol. The van der Waals surface area contributed by atoms with E-state index in [1.54, 1.807) is 19.1 Å². The molecular formula is C34H34F6O2. The summed E-state index contributed by atoms with van der Waals surface area (Å²) in [6, 6.07) is 8.39. The average molecular weight is 589 g/mol. The van der Waals surface area contributed by atoms with Gasteiger partial charge < -0.3 is 9.47 Å². The Balaban J connectivity index is 1.16. The topological polar surface area (TPSA) is 18.5 Å². The summed E-state index contributed by atoms with van der Waals surface area (Å²) in [5.74, 6) is -6.55. The van der Waals surface area contributed by atoms with E-state index in [1.165, 1.54) is 31.2 Å². The summed E-state index contributed by atoms with van der Waals surface area (Å²) in [7, 11) is 0. The van der Waals surface area contributed by atoms with E-state index in [4.69, 9.17) is 9.47 Å². The van der Waals surface area contributed by atoms with E-state index >= 15 is 8.78 Å². The van der Waals surface area contributed by atoms with Crippen molar-refractivity contribution in [1.82, 2.24) is 0 Å². The van der Waals surface area contributed by atoms with Gasteiger partial charge in [0.05, 0.1) is 12.7 Å². The van der Waals surface area contributed by atoms with E-state index in [2.05, 4.69) is 0 Å². The van der Waals surface area contributed by atoms with Gasteiger partial charge in [-0.3, -0.25) is 0 Å². The molecule has 2 aliphatic rings. The van der Waals surface area contributed by atoms with Gasteiger partial charge >= 0.3 is 0 Å². The lowest BCUT2D eigenvalue weighted by atomic mass is 9.78. The fourth-order valence-corrected chi connectivity index (χ4v) is 6.11. The minimum absolute atomic E-state index is 0.00301. The summed E-state index contributed by atoms with van der Waals surface area (Å²) in [6.07, 6.45) is 6.74. The molecule has 42 heavy (non-hydrogen) atoms. The lowest BCUT2D eigenvalue weighted by Crippen LogP contribution is -2.23. The molecule has 0 radical (unpaired) electrons. The SMILES string of the molecule is CCOc1ccc(-c2ccc(C3CCC(COC4CC=C(c5ccc(C)c(F)c5F)CC4)CC3)c(F)c2F)c(F)c1F. The first-order valence-electron chi connectivity index (χ1n) is 14.5. The molecule has 0 heterocycles. The summed E-state index contributed by atoms with van der Waals surface area (Å²) < 4.78 is 98.8. The van der Waals surface area contributed by atoms with Crippen LogP contribution in [0.2, 0.25) is 0 Å². The highest BCUT2D eigenvalue weighted by molar-refractivity contribution is 5.68. The maximum Gasteiger partial charge on any atom is 0.201 e. The summed E-state index contributed by atoms with van der Waals surface area (Å²) in [5.41, 5.74) is 0.931. The molecule has 0 bridgehead atoms. The average Bonchev–Trinajstić information content (AvgIpc) is 3.00. The quantitative estimate of drug-likeness (QED) is 0.244. The molecule has 2 nitrogen and oxygen atoms in total. The Labute approximate surface area is 242 Å². The van der Waals surface area contributed by atoms with Crippen molar-refractivity contribution in [3.8, 4) is 16.9 Å². The van der Waals surface area contributed by atoms with Gasteiger partial charge in [-0.15, -0.1) is 0 Å². The molecule has 1 unspecified atom stereocenters. The zero-order valence-corrected chi connectivity index (χ0v) is 23.7. The maximum absolute atomic E-state index is 15.2. The van der Waals surface area contributed by atoms with Crippen molar-refractivity contribution in [2.45, 2.75) is 70.8 Å². The minimum atomic E-state index is -1.28. The van der Waals surface area contributed by atoms with Gasteiger partial charge in [-0.05, 0) is 99.5 Å². The molecule has 1 atom stereocenters. The van der Waals surface area contributed by atoms with Gasteiger partial charge in [0.1, 0.15) is 0 Å². The number of hydrogen-bond acceptors (Lipinski definition) is 2. The van der Waals surface area contributed by atoms with Crippen molar-refractivity contribution in [2.75, 3.05) is 13.2 Å². The van der Waals surface area contributed by atoms with Crippen LogP contribution in [-0.4, -0.2) is 19.3 Å². The van der Waals surface area contributed by atoms with Crippen LogP contribution in [0.15, 0.2) is 42.5 Å². The zero-order chi connectivity index (χ0) is 30.0. The lowest BCUT2D eigenvalue weighted by molar-refractivity contribution is 0.0157. The Kier molecular flexibility index (Phi) is 9.31. The summed E-state index contributed by atoms with van der Waals surface area (Å²) >= 11 is 0. The Bertz CT molecular complexity index is 1480. The van der Waals surface area contributed by atoms with Crippen LogP contribution in [0.25, 0.3) is 16.7 Å². The van der Waals surface area contributed by atoms with E-state index in [0.717, 1.165) is 18.4 Å². The third-order valence-corrected chi connectivity index (χ3v) is 8.59. The molecule has 3 aromatic rings. The first-order chi connectivity index (χ1) is 20.2. The number of rotatable bonds is 8. The molecule has 0 amide bonds. The molecule has 0 aliphatic heterocycles. The number of hydrogen-bond donors (Lipinski definition) is 0. The highest BCUT2D eigenvalue weighted by atomic mass is 19.2. The van der Waals surface area contributed by atoms with Gasteiger partial charge in [-0.1, -0.05) is 30.3 Å². The third-order valence-electron chi connectivity index (χ3n) is 8.59. The molecule has 0 N–H and O–H groups in total. The molecule has 1 fully saturated rings. The summed E-state index contributed by atoms with van der Waals surface area (Å²) in [4.78, 5) is 0. The molecule has 3 aromatic carbocycles. The van der Waals surface area contributed by atoms with Crippen molar-refractivity contribution >= 4 is 5.57 Å². The van der Waals surface area contributed by atoms with E-state index in [9.17, 15) is 17.6 Å². The van der Waals surface area contributed by atoms with E-state index in [0.29, 0.717) is 44.3 Å². The zero-order valence-electron chi connectivity index (χ0n) is 23.7. The van der Waals surface area contributed by atoms with Crippen molar-refractivity contribution in [3.63, 3.8) is 0 Å². The molecule has 8 heteroatoms. The highest BCUT2D eigenvalue weighted by Gasteiger charge is 2.29. The fourth-order valence-electron chi connectivity index (χ4n) is 6.11. The number of aryl methyl sites for hydroxylation is 1. The van der Waals surface area contributed by atoms with Gasteiger partial charge in [0.2, 0.25) is 5.82 Å². The molecule has 0 spiro atoms. The molecule has 2 aliphatic carbocycles. The van der Waals surface area contributed by atoms with Crippen LogP contribution in [0.5, 0.6) is 5.75 Å². The van der Waals surface area contributed by atoms with Gasteiger partial charge in [0.15, 0.2) is 34.8 Å². The van der Waals surface area contributed by atoms with E-state index < -0.39 is 34.9 Å². The van der Waals surface area contributed by atoms with Crippen molar-refractivity contribution < 1.29 is 35.8 Å². The van der Waals surface area contributed by atoms with Crippen LogP contribution in [0, 0.1) is 47.7 Å². The Morgan fingerprint density at radius 3 is 2.00 bits per heavy atom. The number of benzene rings is 3. The van der Waals surface area contributed by atoms with Crippen LogP contribution in [-0.2, 0) is 4.74 Å². The van der Waals surface area contributed by atoms with Crippen LogP contribution in [0.4, 0.5) is 26.3 Å². The second kappa shape index (κ2) is 12.9. The smallest absolute Gasteiger partial charge is 0.201 e. The first-order valence-corrected chi connectivity index (χ1v) is 14.5. The molecule has 0 saturated heterocycles. The van der Waals surface area contributed by atoms with Crippen LogP contribution in [0.1, 0.15) is 74.5 Å². The van der Waals surface area contributed by atoms with Crippen molar-refractivity contribution in [3.05, 3.63) is 94.1 Å². The van der Waals surface area contributed by atoms with Gasteiger partial charge in [0, 0.05) is 23.3 Å². The molecule has 0 aromatic heterocycles. The molecule has 224 valence electrons. The van der Waals surface area contributed by atoms with Crippen LogP contribution < -0.4 is 4.74 Å². The lowest BCUT2D eigenvalue weighted by Gasteiger charge is -2.31. The second-order valence-corrected chi connectivity index (χ2v) is 11.2. The predicted octanol–water partition coefficient (Wildman–Crippen LogP) is 9.82. The molecule has 5 rings (SSSR count). The summed E-state index contributed by atoms with van der Waals surface area (Å²) in [6.45, 7) is 3.85. The highest BCUT2D eigenvalue weighted by Crippen LogP contribution is 2.40. The fraction of sp³-hybridized carbons (Fsp3) is 0.412. The molecule has 1 saturated carbocycles. The van der Waals surface area contributed by atoms with Crippen molar-refractivity contribution in [1.29, 1.82) is 0 Å². The second-order valence-electron chi connectivity index (χ2n) is 11.2. The first kappa shape index (κ1) is 30.2. The van der Waals surface area contributed by atoms with Crippen molar-refractivity contribution in [2.24, 2.45) is 5.92 Å². The van der Waals surface area contributed by atoms with Crippen LogP contribution in [0.3, 0.4) is 0 Å². The third kappa shape index (κ3) is 6.10. The maximum atomic E-state index is 15.2. The van der Waals surface area contributed by atoms with Gasteiger partial charge in [-0.2, -0.15) is 4.39 Å². The standard InChI is InChI=1S/C34H34F6O2/c1-3-41-28-17-16-27(33(39)34(28)40)26-15-14-25(31(37)32(26)38)21-7-5-20(6-8-21)18-42-23-11-9-22(10-12-23)24-13-4-19(2)29(35)30(24)36/h4,9,13-17,20-21,23H,3,5-8,10-12,18H2,1-2H3. The van der Waals surface area contributed by atoms with Gasteiger partial charge in [-0.25, -0.2) is 22.0 Å². The Morgan fingerprint density at radius 1 is 0.690 bits per heavy atom. The number of allylic oxidation sites excluding steroid dienone is 1. The normalized spacial score (nSPS) is 20.9. The Morgan fingerprint density at radius 2 is 1.33 bits per heavy atom. The van der Waals surface area contributed by atoms with Gasteiger partial charge in [0.25, 0.3) is 0 Å². The number of halogens is 6.